The van der Waals surface area contributed by atoms with E-state index in [0.29, 0.717) is 11.5 Å². The Morgan fingerprint density at radius 1 is 1.33 bits per heavy atom. The predicted molar refractivity (Wildman–Crippen MR) is 63.1 cm³/mol. The van der Waals surface area contributed by atoms with Gasteiger partial charge in [-0.3, -0.25) is 0 Å². The van der Waals surface area contributed by atoms with Gasteiger partial charge >= 0.3 is 0 Å². The number of hydrogen-bond acceptors (Lipinski definition) is 1. The van der Waals surface area contributed by atoms with Crippen LogP contribution in [0.5, 0.6) is 0 Å². The van der Waals surface area contributed by atoms with Crippen molar-refractivity contribution in [1.29, 1.82) is 0 Å². The second kappa shape index (κ2) is 3.08. The number of benzene rings is 1. The smallest absolute Gasteiger partial charge is 0.0116 e. The summed E-state index contributed by atoms with van der Waals surface area (Å²) in [7, 11) is 0. The van der Waals surface area contributed by atoms with E-state index < -0.39 is 0 Å². The van der Waals surface area contributed by atoms with Crippen LogP contribution >= 0.6 is 0 Å². The maximum atomic E-state index is 3.67. The van der Waals surface area contributed by atoms with Crippen LogP contribution in [0.3, 0.4) is 0 Å². The molecule has 0 saturated carbocycles. The molecular formula is C14H19N. The maximum Gasteiger partial charge on any atom is 0.0116 e. The van der Waals surface area contributed by atoms with Gasteiger partial charge in [-0.2, -0.15) is 0 Å². The van der Waals surface area contributed by atoms with E-state index in [0.717, 1.165) is 5.92 Å². The summed E-state index contributed by atoms with van der Waals surface area (Å²) in [4.78, 5) is 0. The van der Waals surface area contributed by atoms with E-state index in [1.54, 1.807) is 11.1 Å². The first-order valence-corrected chi connectivity index (χ1v) is 6.02. The molecule has 0 radical (unpaired) electrons. The normalized spacial score (nSPS) is 38.5. The van der Waals surface area contributed by atoms with E-state index in [2.05, 4.69) is 43.4 Å². The fraction of sp³-hybridized carbons (Fsp3) is 0.571. The Bertz CT molecular complexity index is 385. The summed E-state index contributed by atoms with van der Waals surface area (Å²) in [6, 6.07) is 9.72. The number of fused-ring (bicyclic) bond motifs is 4. The molecule has 1 aromatic carbocycles. The summed E-state index contributed by atoms with van der Waals surface area (Å²) >= 11 is 0. The zero-order valence-corrected chi connectivity index (χ0v) is 9.59. The summed E-state index contributed by atoms with van der Waals surface area (Å²) in [5.41, 5.74) is 3.58. The van der Waals surface area contributed by atoms with E-state index in [1.165, 1.54) is 19.4 Å². The minimum Gasteiger partial charge on any atom is -0.313 e. The van der Waals surface area contributed by atoms with Crippen molar-refractivity contribution in [1.82, 2.24) is 5.32 Å². The molecule has 1 N–H and O–H groups in total. The van der Waals surface area contributed by atoms with Crippen LogP contribution in [-0.4, -0.2) is 12.6 Å². The highest BCUT2D eigenvalue weighted by atomic mass is 14.9. The Labute approximate surface area is 91.9 Å². The fourth-order valence-corrected chi connectivity index (χ4v) is 3.39. The topological polar surface area (TPSA) is 12.0 Å². The summed E-state index contributed by atoms with van der Waals surface area (Å²) in [6.07, 6.45) is 2.53. The van der Waals surface area contributed by atoms with Crippen LogP contribution in [0.25, 0.3) is 0 Å². The molecule has 1 nitrogen and oxygen atoms in total. The van der Waals surface area contributed by atoms with Crippen molar-refractivity contribution in [3.8, 4) is 0 Å². The number of hydrogen-bond donors (Lipinski definition) is 1. The van der Waals surface area contributed by atoms with Crippen molar-refractivity contribution in [3.63, 3.8) is 0 Å². The van der Waals surface area contributed by atoms with Gasteiger partial charge in [0.25, 0.3) is 0 Å². The molecule has 1 saturated heterocycles. The first kappa shape index (κ1) is 9.41. The van der Waals surface area contributed by atoms with Gasteiger partial charge in [0.1, 0.15) is 0 Å². The number of nitrogens with one attached hydrogen (secondary N) is 1. The lowest BCUT2D eigenvalue weighted by molar-refractivity contribution is 0.176. The summed E-state index contributed by atoms with van der Waals surface area (Å²) < 4.78 is 0. The van der Waals surface area contributed by atoms with Gasteiger partial charge in [-0.15, -0.1) is 0 Å². The zero-order valence-electron chi connectivity index (χ0n) is 9.59. The third kappa shape index (κ3) is 1.26. The van der Waals surface area contributed by atoms with Crippen LogP contribution in [-0.2, 0) is 11.8 Å². The average molecular weight is 201 g/mol. The lowest BCUT2D eigenvalue weighted by Gasteiger charge is -2.49. The molecule has 1 heterocycles. The zero-order chi connectivity index (χ0) is 10.5. The summed E-state index contributed by atoms with van der Waals surface area (Å²) in [6.45, 7) is 6.00. The minimum absolute atomic E-state index is 0.408. The Balaban J connectivity index is 2.15. The standard InChI is InChI=1S/C14H19N/c1-10-9-15-12-7-11-5-3-4-6-13(11)14(10,2)8-12/h3-6,10,12,15H,7-9H2,1-2H3/t10?,12-,14-/m0/s1. The van der Waals surface area contributed by atoms with Gasteiger partial charge in [-0.25, -0.2) is 0 Å². The molecular weight excluding hydrogens is 182 g/mol. The van der Waals surface area contributed by atoms with Crippen LogP contribution in [0.4, 0.5) is 0 Å². The molecule has 2 bridgehead atoms. The molecule has 80 valence electrons. The van der Waals surface area contributed by atoms with Gasteiger partial charge in [0.05, 0.1) is 0 Å². The summed E-state index contributed by atoms with van der Waals surface area (Å²) in [5, 5.41) is 3.67. The SMILES string of the molecule is CC1CN[C@H]2Cc3ccccc3[C@@]1(C)C2. The maximum absolute atomic E-state index is 3.67. The molecule has 1 unspecified atom stereocenters. The molecule has 1 fully saturated rings. The Morgan fingerprint density at radius 3 is 3.00 bits per heavy atom. The van der Waals surface area contributed by atoms with E-state index in [1.807, 2.05) is 0 Å². The molecule has 1 heteroatoms. The quantitative estimate of drug-likeness (QED) is 0.680. The Kier molecular flexibility index (Phi) is 1.93. The second-order valence-corrected chi connectivity index (χ2v) is 5.49. The Morgan fingerprint density at radius 2 is 2.13 bits per heavy atom. The molecule has 3 atom stereocenters. The van der Waals surface area contributed by atoms with E-state index >= 15 is 0 Å². The van der Waals surface area contributed by atoms with Gasteiger partial charge in [0.2, 0.25) is 0 Å². The second-order valence-electron chi connectivity index (χ2n) is 5.49. The first-order chi connectivity index (χ1) is 7.20. The highest BCUT2D eigenvalue weighted by Crippen LogP contribution is 2.44. The van der Waals surface area contributed by atoms with Gasteiger partial charge in [-0.05, 0) is 41.8 Å². The van der Waals surface area contributed by atoms with Crippen LogP contribution in [0.2, 0.25) is 0 Å². The van der Waals surface area contributed by atoms with E-state index in [4.69, 9.17) is 0 Å². The number of piperidine rings is 1. The van der Waals surface area contributed by atoms with Gasteiger partial charge < -0.3 is 5.32 Å². The van der Waals surface area contributed by atoms with Crippen LogP contribution < -0.4 is 5.32 Å². The number of rotatable bonds is 0. The van der Waals surface area contributed by atoms with Crippen molar-refractivity contribution in [2.24, 2.45) is 5.92 Å². The highest BCUT2D eigenvalue weighted by molar-refractivity contribution is 5.39. The fourth-order valence-electron chi connectivity index (χ4n) is 3.39. The molecule has 3 rings (SSSR count). The minimum atomic E-state index is 0.408. The molecule has 1 aliphatic heterocycles. The molecule has 1 aromatic rings. The van der Waals surface area contributed by atoms with Gasteiger partial charge in [0.15, 0.2) is 0 Å². The third-order valence-electron chi connectivity index (χ3n) is 4.57. The molecule has 0 amide bonds. The molecule has 15 heavy (non-hydrogen) atoms. The largest absolute Gasteiger partial charge is 0.313 e. The van der Waals surface area contributed by atoms with Crippen molar-refractivity contribution in [3.05, 3.63) is 35.4 Å². The van der Waals surface area contributed by atoms with E-state index in [9.17, 15) is 0 Å². The summed E-state index contributed by atoms with van der Waals surface area (Å²) in [5.74, 6) is 0.746. The molecule has 0 spiro atoms. The van der Waals surface area contributed by atoms with Crippen molar-refractivity contribution >= 4 is 0 Å². The molecule has 1 aliphatic carbocycles. The molecule has 0 aromatic heterocycles. The Hall–Kier alpha value is -0.820. The third-order valence-corrected chi connectivity index (χ3v) is 4.57. The lowest BCUT2D eigenvalue weighted by Crippen LogP contribution is -2.54. The van der Waals surface area contributed by atoms with Gasteiger partial charge in [0, 0.05) is 6.04 Å². The lowest BCUT2D eigenvalue weighted by atomic mass is 9.61. The van der Waals surface area contributed by atoms with Crippen LogP contribution in [0, 0.1) is 5.92 Å². The first-order valence-electron chi connectivity index (χ1n) is 6.02. The van der Waals surface area contributed by atoms with E-state index in [-0.39, 0.29) is 0 Å². The molecule has 2 aliphatic rings. The average Bonchev–Trinajstić information content (AvgIpc) is 2.24. The monoisotopic (exact) mass is 201 g/mol. The predicted octanol–water partition coefficient (Wildman–Crippen LogP) is 2.50. The van der Waals surface area contributed by atoms with Crippen molar-refractivity contribution in [2.45, 2.75) is 38.1 Å². The van der Waals surface area contributed by atoms with Crippen molar-refractivity contribution < 1.29 is 0 Å². The van der Waals surface area contributed by atoms with Crippen LogP contribution in [0.1, 0.15) is 31.4 Å². The van der Waals surface area contributed by atoms with Crippen molar-refractivity contribution in [2.75, 3.05) is 6.54 Å². The van der Waals surface area contributed by atoms with Gasteiger partial charge in [-0.1, -0.05) is 38.1 Å². The highest BCUT2D eigenvalue weighted by Gasteiger charge is 2.43. The van der Waals surface area contributed by atoms with Crippen LogP contribution in [0.15, 0.2) is 24.3 Å².